The van der Waals surface area contributed by atoms with Crippen molar-refractivity contribution in [3.63, 3.8) is 0 Å². The Morgan fingerprint density at radius 1 is 0.886 bits per heavy atom. The predicted octanol–water partition coefficient (Wildman–Crippen LogP) is 4.34. The van der Waals surface area contributed by atoms with Gasteiger partial charge in [0.15, 0.2) is 0 Å². The van der Waals surface area contributed by atoms with Crippen LogP contribution in [0.5, 0.6) is 0 Å². The van der Waals surface area contributed by atoms with E-state index in [1.54, 1.807) is 24.3 Å². The summed E-state index contributed by atoms with van der Waals surface area (Å²) >= 11 is 0. The van der Waals surface area contributed by atoms with Gasteiger partial charge in [0.05, 0.1) is 5.69 Å². The number of benzene rings is 2. The van der Waals surface area contributed by atoms with Crippen molar-refractivity contribution in [2.45, 2.75) is 34.6 Å². The average Bonchev–Trinajstić information content (AvgIpc) is 3.06. The smallest absolute Gasteiger partial charge is 0.326 e. The van der Waals surface area contributed by atoms with Crippen molar-refractivity contribution in [2.24, 2.45) is 0 Å². The highest BCUT2D eigenvalue weighted by atomic mass is 16.2. The van der Waals surface area contributed by atoms with Crippen LogP contribution in [0.4, 0.5) is 16.2 Å². The highest BCUT2D eigenvalue weighted by Gasteiger charge is 2.37. The van der Waals surface area contributed by atoms with E-state index in [1.807, 2.05) is 56.5 Å². The lowest BCUT2D eigenvalue weighted by molar-refractivity contribution is -0.122. The van der Waals surface area contributed by atoms with Crippen LogP contribution in [0, 0.1) is 27.7 Å². The first kappa shape index (κ1) is 23.7. The van der Waals surface area contributed by atoms with Gasteiger partial charge < -0.3 is 9.88 Å². The van der Waals surface area contributed by atoms with E-state index in [4.69, 9.17) is 0 Å². The van der Waals surface area contributed by atoms with E-state index in [-0.39, 0.29) is 11.5 Å². The van der Waals surface area contributed by atoms with E-state index in [1.165, 1.54) is 13.0 Å². The van der Waals surface area contributed by atoms with Crippen LogP contribution in [0.15, 0.2) is 54.1 Å². The molecule has 8 heteroatoms. The number of nitrogens with zero attached hydrogens (tertiary/aromatic N) is 2. The molecule has 178 valence electrons. The molecule has 1 fully saturated rings. The normalized spacial score (nSPS) is 14.9. The Hall–Kier alpha value is -4.46. The zero-order valence-electron chi connectivity index (χ0n) is 20.2. The summed E-state index contributed by atoms with van der Waals surface area (Å²) in [6.07, 6.45) is 1.52. The number of barbiturate groups is 1. The van der Waals surface area contributed by atoms with Crippen molar-refractivity contribution in [1.29, 1.82) is 0 Å². The molecule has 3 aromatic rings. The van der Waals surface area contributed by atoms with Crippen LogP contribution < -0.4 is 15.5 Å². The number of carbonyl (C=O) groups is 4. The van der Waals surface area contributed by atoms with Gasteiger partial charge in [0.1, 0.15) is 5.57 Å². The molecule has 0 atom stereocenters. The van der Waals surface area contributed by atoms with Gasteiger partial charge in [-0.3, -0.25) is 19.7 Å². The van der Waals surface area contributed by atoms with Gasteiger partial charge >= 0.3 is 6.03 Å². The minimum Gasteiger partial charge on any atom is -0.326 e. The lowest BCUT2D eigenvalue weighted by atomic mass is 10.1. The van der Waals surface area contributed by atoms with Crippen molar-refractivity contribution in [3.8, 4) is 5.69 Å². The van der Waals surface area contributed by atoms with Gasteiger partial charge in [-0.25, -0.2) is 9.69 Å². The van der Waals surface area contributed by atoms with E-state index in [2.05, 4.69) is 10.6 Å². The lowest BCUT2D eigenvalue weighted by Gasteiger charge is -2.26. The lowest BCUT2D eigenvalue weighted by Crippen LogP contribution is -2.54. The molecule has 0 bridgehead atoms. The molecule has 8 nitrogen and oxygen atoms in total. The van der Waals surface area contributed by atoms with Crippen LogP contribution in [0.1, 0.15) is 35.0 Å². The van der Waals surface area contributed by atoms with Gasteiger partial charge in [-0.1, -0.05) is 6.07 Å². The van der Waals surface area contributed by atoms with E-state index in [0.29, 0.717) is 16.9 Å². The number of amides is 5. The number of nitrogens with one attached hydrogen (secondary N) is 2. The molecule has 2 N–H and O–H groups in total. The molecule has 1 saturated heterocycles. The zero-order valence-corrected chi connectivity index (χ0v) is 20.2. The van der Waals surface area contributed by atoms with Gasteiger partial charge in [-0.2, -0.15) is 0 Å². The maximum absolute atomic E-state index is 13.3. The van der Waals surface area contributed by atoms with Gasteiger partial charge in [0.25, 0.3) is 11.8 Å². The molecule has 2 aromatic carbocycles. The summed E-state index contributed by atoms with van der Waals surface area (Å²) in [5.41, 5.74) is 6.19. The first-order chi connectivity index (χ1) is 16.6. The third-order valence-electron chi connectivity index (χ3n) is 6.07. The summed E-state index contributed by atoms with van der Waals surface area (Å²) in [6, 6.07) is 13.7. The number of hydrogen-bond acceptors (Lipinski definition) is 4. The Bertz CT molecular complexity index is 1410. The number of imide groups is 2. The summed E-state index contributed by atoms with van der Waals surface area (Å²) in [7, 11) is 0. The number of carbonyl (C=O) groups excluding carboxylic acids is 4. The van der Waals surface area contributed by atoms with E-state index in [0.717, 1.165) is 33.1 Å². The second kappa shape index (κ2) is 9.06. The van der Waals surface area contributed by atoms with Crippen molar-refractivity contribution >= 4 is 41.2 Å². The Morgan fingerprint density at radius 3 is 2.17 bits per heavy atom. The third-order valence-corrected chi connectivity index (χ3v) is 6.07. The molecule has 0 radical (unpaired) electrons. The molecular weight excluding hydrogens is 444 g/mol. The molecule has 1 aliphatic rings. The number of aryl methyl sites for hydroxylation is 3. The van der Waals surface area contributed by atoms with Crippen molar-refractivity contribution < 1.29 is 19.2 Å². The van der Waals surface area contributed by atoms with Gasteiger partial charge in [0.2, 0.25) is 5.91 Å². The number of hydrogen-bond donors (Lipinski definition) is 2. The van der Waals surface area contributed by atoms with Crippen molar-refractivity contribution in [1.82, 2.24) is 9.88 Å². The van der Waals surface area contributed by atoms with Crippen LogP contribution in [-0.2, 0) is 14.4 Å². The van der Waals surface area contributed by atoms with E-state index in [9.17, 15) is 19.2 Å². The second-order valence-electron chi connectivity index (χ2n) is 8.62. The van der Waals surface area contributed by atoms with Crippen molar-refractivity contribution in [3.05, 3.63) is 82.2 Å². The predicted molar refractivity (Wildman–Crippen MR) is 134 cm³/mol. The van der Waals surface area contributed by atoms with Crippen LogP contribution in [0.25, 0.3) is 11.8 Å². The molecule has 1 aromatic heterocycles. The monoisotopic (exact) mass is 470 g/mol. The standard InChI is InChI=1S/C27H26N4O4/c1-15-6-9-23(12-16(15)2)31-26(34)24(25(33)29-27(31)35)14-20-13-17(3)30(18(20)4)22-10-7-21(8-11-22)28-19(5)32/h6-14H,1-5H3,(H,28,32)(H,29,33,35). The number of urea groups is 1. The Labute approximate surface area is 203 Å². The maximum atomic E-state index is 13.3. The second-order valence-corrected chi connectivity index (χ2v) is 8.62. The molecule has 4 rings (SSSR count). The summed E-state index contributed by atoms with van der Waals surface area (Å²) in [6.45, 7) is 9.09. The summed E-state index contributed by atoms with van der Waals surface area (Å²) in [5, 5.41) is 5.01. The minimum atomic E-state index is -0.773. The molecule has 5 amide bonds. The molecular formula is C27H26N4O4. The number of aromatic nitrogens is 1. The van der Waals surface area contributed by atoms with Crippen LogP contribution in [0.2, 0.25) is 0 Å². The Balaban J connectivity index is 1.71. The quantitative estimate of drug-likeness (QED) is 0.438. The van der Waals surface area contributed by atoms with E-state index >= 15 is 0 Å². The zero-order chi connectivity index (χ0) is 25.4. The summed E-state index contributed by atoms with van der Waals surface area (Å²) in [4.78, 5) is 50.7. The number of anilines is 2. The van der Waals surface area contributed by atoms with Crippen LogP contribution in [-0.4, -0.2) is 28.3 Å². The van der Waals surface area contributed by atoms with Crippen LogP contribution in [0.3, 0.4) is 0 Å². The minimum absolute atomic E-state index is 0.121. The fourth-order valence-corrected chi connectivity index (χ4v) is 4.14. The first-order valence-corrected chi connectivity index (χ1v) is 11.1. The molecule has 0 spiro atoms. The summed E-state index contributed by atoms with van der Waals surface area (Å²) in [5.74, 6) is -1.56. The molecule has 2 heterocycles. The fraction of sp³-hybridized carbons (Fsp3) is 0.185. The molecule has 35 heavy (non-hydrogen) atoms. The number of rotatable bonds is 4. The highest BCUT2D eigenvalue weighted by molar-refractivity contribution is 6.39. The van der Waals surface area contributed by atoms with E-state index < -0.39 is 17.8 Å². The van der Waals surface area contributed by atoms with Gasteiger partial charge in [0, 0.05) is 29.7 Å². The summed E-state index contributed by atoms with van der Waals surface area (Å²) < 4.78 is 1.99. The first-order valence-electron chi connectivity index (χ1n) is 11.1. The maximum Gasteiger partial charge on any atom is 0.335 e. The molecule has 1 aliphatic heterocycles. The Kier molecular flexibility index (Phi) is 6.13. The molecule has 0 saturated carbocycles. The topological polar surface area (TPSA) is 101 Å². The Morgan fingerprint density at radius 2 is 1.54 bits per heavy atom. The SMILES string of the molecule is CC(=O)Nc1ccc(-n2c(C)cc(C=C3C(=O)NC(=O)N(c4ccc(C)c(C)c4)C3=O)c2C)cc1. The largest absolute Gasteiger partial charge is 0.335 e. The van der Waals surface area contributed by atoms with Crippen molar-refractivity contribution in [2.75, 3.05) is 10.2 Å². The van der Waals surface area contributed by atoms with Gasteiger partial charge in [-0.15, -0.1) is 0 Å². The third kappa shape index (κ3) is 4.50. The average molecular weight is 471 g/mol. The fourth-order valence-electron chi connectivity index (χ4n) is 4.14. The van der Waals surface area contributed by atoms with Crippen LogP contribution >= 0.6 is 0 Å². The van der Waals surface area contributed by atoms with Gasteiger partial charge in [-0.05, 0) is 92.9 Å². The molecule has 0 aliphatic carbocycles. The highest BCUT2D eigenvalue weighted by Crippen LogP contribution is 2.27. The molecule has 0 unspecified atom stereocenters.